The maximum absolute atomic E-state index is 13.1. The van der Waals surface area contributed by atoms with Crippen molar-refractivity contribution in [3.05, 3.63) is 29.6 Å². The molecule has 2 saturated carbocycles. The van der Waals surface area contributed by atoms with Crippen LogP contribution < -0.4 is 4.90 Å². The van der Waals surface area contributed by atoms with Crippen LogP contribution in [0, 0.1) is 23.6 Å². The minimum atomic E-state index is -0.348. The van der Waals surface area contributed by atoms with E-state index in [-0.39, 0.29) is 5.82 Å². The number of nitrogens with zero attached hydrogens (tertiary/aromatic N) is 1. The summed E-state index contributed by atoms with van der Waals surface area (Å²) in [5, 5.41) is 0. The Bertz CT molecular complexity index is 488. The van der Waals surface area contributed by atoms with Crippen molar-refractivity contribution < 1.29 is 9.18 Å². The normalized spacial score (nSPS) is 28.6. The molecular weight excluding hydrogens is 241 g/mol. The zero-order valence-corrected chi connectivity index (χ0v) is 11.3. The number of rotatable bonds is 4. The van der Waals surface area contributed by atoms with E-state index >= 15 is 0 Å². The lowest BCUT2D eigenvalue weighted by Gasteiger charge is -2.29. The molecule has 0 heterocycles. The highest BCUT2D eigenvalue weighted by Gasteiger charge is 2.39. The number of carbonyl (C=O) groups is 1. The third-order valence-corrected chi connectivity index (χ3v) is 4.92. The van der Waals surface area contributed by atoms with Gasteiger partial charge in [-0.1, -0.05) is 6.42 Å². The van der Waals surface area contributed by atoms with Gasteiger partial charge in [-0.15, -0.1) is 0 Å². The molecule has 0 amide bonds. The lowest BCUT2D eigenvalue weighted by atomic mass is 9.88. The molecule has 2 aliphatic carbocycles. The Kier molecular flexibility index (Phi) is 3.29. The molecule has 19 heavy (non-hydrogen) atoms. The van der Waals surface area contributed by atoms with Crippen molar-refractivity contribution in [2.24, 2.45) is 17.8 Å². The molecule has 0 saturated heterocycles. The van der Waals surface area contributed by atoms with Crippen molar-refractivity contribution in [3.8, 4) is 0 Å². The summed E-state index contributed by atoms with van der Waals surface area (Å²) in [5.41, 5.74) is 1.30. The SMILES string of the molecule is CN(CC1CC2CCC1C2)c1ccc(F)cc1C=O. The number of fused-ring (bicyclic) bond motifs is 2. The summed E-state index contributed by atoms with van der Waals surface area (Å²) in [4.78, 5) is 13.2. The van der Waals surface area contributed by atoms with E-state index in [0.717, 1.165) is 36.3 Å². The van der Waals surface area contributed by atoms with Crippen molar-refractivity contribution in [1.29, 1.82) is 0 Å². The Morgan fingerprint density at radius 3 is 2.84 bits per heavy atom. The van der Waals surface area contributed by atoms with E-state index in [4.69, 9.17) is 0 Å². The molecule has 2 aliphatic rings. The molecule has 1 aromatic carbocycles. The maximum Gasteiger partial charge on any atom is 0.152 e. The molecular formula is C16H20FNO. The quantitative estimate of drug-likeness (QED) is 0.773. The Labute approximate surface area is 113 Å². The molecule has 3 rings (SSSR count). The van der Waals surface area contributed by atoms with Crippen LogP contribution in [0.2, 0.25) is 0 Å². The number of carbonyl (C=O) groups excluding carboxylic acids is 1. The summed E-state index contributed by atoms with van der Waals surface area (Å²) in [7, 11) is 2.01. The van der Waals surface area contributed by atoms with Crippen LogP contribution in [0.4, 0.5) is 10.1 Å². The van der Waals surface area contributed by atoms with E-state index in [1.54, 1.807) is 6.07 Å². The average Bonchev–Trinajstić information content (AvgIpc) is 3.00. The van der Waals surface area contributed by atoms with Crippen LogP contribution in [-0.2, 0) is 0 Å². The van der Waals surface area contributed by atoms with Crippen molar-refractivity contribution in [1.82, 2.24) is 0 Å². The highest BCUT2D eigenvalue weighted by molar-refractivity contribution is 5.84. The van der Waals surface area contributed by atoms with Crippen LogP contribution in [0.3, 0.4) is 0 Å². The number of hydrogen-bond acceptors (Lipinski definition) is 2. The van der Waals surface area contributed by atoms with Gasteiger partial charge in [-0.25, -0.2) is 4.39 Å². The average molecular weight is 261 g/mol. The number of halogens is 1. The lowest BCUT2D eigenvalue weighted by molar-refractivity contribution is 0.112. The van der Waals surface area contributed by atoms with Gasteiger partial charge in [-0.2, -0.15) is 0 Å². The molecule has 2 nitrogen and oxygen atoms in total. The largest absolute Gasteiger partial charge is 0.374 e. The summed E-state index contributed by atoms with van der Waals surface area (Å²) in [6.07, 6.45) is 6.24. The van der Waals surface area contributed by atoms with Crippen LogP contribution in [0.1, 0.15) is 36.0 Å². The summed E-state index contributed by atoms with van der Waals surface area (Å²) < 4.78 is 13.1. The first kappa shape index (κ1) is 12.6. The first-order valence-corrected chi connectivity index (χ1v) is 7.13. The highest BCUT2D eigenvalue weighted by atomic mass is 19.1. The highest BCUT2D eigenvalue weighted by Crippen LogP contribution is 2.48. The smallest absolute Gasteiger partial charge is 0.152 e. The molecule has 0 aliphatic heterocycles. The lowest BCUT2D eigenvalue weighted by Crippen LogP contribution is -2.29. The molecule has 3 unspecified atom stereocenters. The first-order valence-electron chi connectivity index (χ1n) is 7.13. The first-order chi connectivity index (χ1) is 9.17. The maximum atomic E-state index is 13.1. The van der Waals surface area contributed by atoms with Crippen molar-refractivity contribution in [3.63, 3.8) is 0 Å². The molecule has 3 heteroatoms. The Morgan fingerprint density at radius 2 is 2.21 bits per heavy atom. The van der Waals surface area contributed by atoms with E-state index < -0.39 is 0 Å². The van der Waals surface area contributed by atoms with Gasteiger partial charge in [0.2, 0.25) is 0 Å². The van der Waals surface area contributed by atoms with Gasteiger partial charge in [0.15, 0.2) is 6.29 Å². The number of aldehydes is 1. The van der Waals surface area contributed by atoms with Crippen LogP contribution >= 0.6 is 0 Å². The molecule has 3 atom stereocenters. The molecule has 0 spiro atoms. The molecule has 2 bridgehead atoms. The summed E-state index contributed by atoms with van der Waals surface area (Å²) >= 11 is 0. The Hall–Kier alpha value is -1.38. The third kappa shape index (κ3) is 2.38. The fourth-order valence-electron chi connectivity index (χ4n) is 4.02. The second kappa shape index (κ2) is 4.95. The third-order valence-electron chi connectivity index (χ3n) is 4.92. The number of anilines is 1. The van der Waals surface area contributed by atoms with Gasteiger partial charge in [0, 0.05) is 24.8 Å². The Balaban J connectivity index is 1.73. The minimum Gasteiger partial charge on any atom is -0.374 e. The van der Waals surface area contributed by atoms with E-state index in [9.17, 15) is 9.18 Å². The van der Waals surface area contributed by atoms with Gasteiger partial charge in [0.25, 0.3) is 0 Å². The van der Waals surface area contributed by atoms with E-state index in [2.05, 4.69) is 4.90 Å². The van der Waals surface area contributed by atoms with E-state index in [1.165, 1.54) is 37.8 Å². The van der Waals surface area contributed by atoms with Crippen molar-refractivity contribution >= 4 is 12.0 Å². The standard InChI is InChI=1S/C16H20FNO/c1-18(9-13-7-11-2-3-12(13)6-11)16-5-4-15(17)8-14(16)10-19/h4-5,8,10-13H,2-3,6-7,9H2,1H3. The fourth-order valence-corrected chi connectivity index (χ4v) is 4.02. The monoisotopic (exact) mass is 261 g/mol. The second-order valence-electron chi connectivity index (χ2n) is 6.14. The van der Waals surface area contributed by atoms with Crippen molar-refractivity contribution in [2.45, 2.75) is 25.7 Å². The molecule has 1 aromatic rings. The predicted molar refractivity (Wildman–Crippen MR) is 74.0 cm³/mol. The zero-order valence-electron chi connectivity index (χ0n) is 11.3. The second-order valence-corrected chi connectivity index (χ2v) is 6.14. The molecule has 0 radical (unpaired) electrons. The predicted octanol–water partition coefficient (Wildman–Crippen LogP) is 3.51. The molecule has 0 aromatic heterocycles. The number of benzene rings is 1. The Morgan fingerprint density at radius 1 is 1.37 bits per heavy atom. The topological polar surface area (TPSA) is 20.3 Å². The van der Waals surface area contributed by atoms with Crippen molar-refractivity contribution in [2.75, 3.05) is 18.5 Å². The molecule has 0 N–H and O–H groups in total. The summed E-state index contributed by atoms with van der Waals surface area (Å²) in [6.45, 7) is 0.980. The summed E-state index contributed by atoms with van der Waals surface area (Å²) in [6, 6.07) is 4.46. The fraction of sp³-hybridized carbons (Fsp3) is 0.562. The van der Waals surface area contributed by atoms with Gasteiger partial charge in [0.05, 0.1) is 0 Å². The van der Waals surface area contributed by atoms with E-state index in [0.29, 0.717) is 5.56 Å². The van der Waals surface area contributed by atoms with Gasteiger partial charge < -0.3 is 4.90 Å². The van der Waals surface area contributed by atoms with E-state index in [1.807, 2.05) is 7.05 Å². The van der Waals surface area contributed by atoms with Crippen LogP contribution in [-0.4, -0.2) is 19.9 Å². The van der Waals surface area contributed by atoms with Crippen LogP contribution in [0.15, 0.2) is 18.2 Å². The zero-order chi connectivity index (χ0) is 13.4. The summed E-state index contributed by atoms with van der Waals surface area (Å²) in [5.74, 6) is 2.20. The van der Waals surface area contributed by atoms with Gasteiger partial charge in [0.1, 0.15) is 5.82 Å². The van der Waals surface area contributed by atoms with Crippen LogP contribution in [0.5, 0.6) is 0 Å². The van der Waals surface area contributed by atoms with Gasteiger partial charge in [-0.3, -0.25) is 4.79 Å². The molecule has 2 fully saturated rings. The van der Waals surface area contributed by atoms with Crippen LogP contribution in [0.25, 0.3) is 0 Å². The minimum absolute atomic E-state index is 0.348. The number of hydrogen-bond donors (Lipinski definition) is 0. The van der Waals surface area contributed by atoms with Gasteiger partial charge >= 0.3 is 0 Å². The van der Waals surface area contributed by atoms with Gasteiger partial charge in [-0.05, 0) is 55.2 Å². The molecule has 102 valence electrons.